The van der Waals surface area contributed by atoms with Gasteiger partial charge in [-0.25, -0.2) is 0 Å². The van der Waals surface area contributed by atoms with Crippen molar-refractivity contribution in [3.63, 3.8) is 0 Å². The third-order valence-corrected chi connectivity index (χ3v) is 2.42. The van der Waals surface area contributed by atoms with Crippen molar-refractivity contribution in [3.8, 4) is 0 Å². The molecule has 0 aromatic carbocycles. The lowest BCUT2D eigenvalue weighted by atomic mass is 9.99. The van der Waals surface area contributed by atoms with Crippen LogP contribution < -0.4 is 5.32 Å². The molecule has 4 nitrogen and oxygen atoms in total. The van der Waals surface area contributed by atoms with E-state index in [9.17, 15) is 0 Å². The Bertz CT molecular complexity index is 243. The molecule has 0 aliphatic carbocycles. The Morgan fingerprint density at radius 2 is 2.06 bits per heavy atom. The highest BCUT2D eigenvalue weighted by Gasteiger charge is 2.25. The van der Waals surface area contributed by atoms with E-state index in [0.717, 1.165) is 12.1 Å². The summed E-state index contributed by atoms with van der Waals surface area (Å²) in [5, 5.41) is 2.92. The van der Waals surface area contributed by atoms with Gasteiger partial charge in [-0.3, -0.25) is 9.98 Å². The van der Waals surface area contributed by atoms with E-state index in [1.807, 2.05) is 40.8 Å². The average molecular weight is 241 g/mol. The van der Waals surface area contributed by atoms with Crippen molar-refractivity contribution in [1.29, 1.82) is 0 Å². The molecule has 100 valence electrons. The van der Waals surface area contributed by atoms with Gasteiger partial charge in [-0.05, 0) is 33.2 Å². The Hall–Kier alpha value is -1.00. The molecular weight excluding hydrogens is 214 g/mol. The molecule has 1 unspecified atom stereocenters. The fraction of sp³-hybridized carbons (Fsp3) is 0.692. The van der Waals surface area contributed by atoms with E-state index in [2.05, 4.69) is 22.0 Å². The van der Waals surface area contributed by atoms with E-state index in [4.69, 9.17) is 4.74 Å². The third-order valence-electron chi connectivity index (χ3n) is 2.42. The summed E-state index contributed by atoms with van der Waals surface area (Å²) in [5.74, 6) is 0. The highest BCUT2D eigenvalue weighted by Crippen LogP contribution is 2.24. The van der Waals surface area contributed by atoms with Gasteiger partial charge in [0.15, 0.2) is 0 Å². The maximum absolute atomic E-state index is 5.42. The summed E-state index contributed by atoms with van der Waals surface area (Å²) in [5.41, 5.74) is 0.417. The van der Waals surface area contributed by atoms with Crippen molar-refractivity contribution in [2.24, 2.45) is 9.98 Å². The van der Waals surface area contributed by atoms with Crippen molar-refractivity contribution in [3.05, 3.63) is 11.8 Å². The van der Waals surface area contributed by atoms with Crippen LogP contribution in [0.25, 0.3) is 0 Å². The maximum Gasteiger partial charge on any atom is 0.107 e. The number of ether oxygens (including phenoxy) is 1. The standard InChI is InChI=1S/C11H21N3O.C2H6/c1-6-11(2,15-5)10(13-4)7-8-14-9-12-3;1-2/h7-8,12H,4,6,9H2,1-3,5H3;1-2H3/b10-7-,14-8-;. The molecule has 0 bridgehead atoms. The van der Waals surface area contributed by atoms with Crippen molar-refractivity contribution in [2.75, 3.05) is 20.8 Å². The number of allylic oxidation sites excluding steroid dienone is 1. The molecule has 0 aromatic rings. The Labute approximate surface area is 106 Å². The summed E-state index contributed by atoms with van der Waals surface area (Å²) in [6.07, 6.45) is 4.39. The minimum absolute atomic E-state index is 0.382. The predicted octanol–water partition coefficient (Wildman–Crippen LogP) is 2.66. The summed E-state index contributed by atoms with van der Waals surface area (Å²) >= 11 is 0. The van der Waals surface area contributed by atoms with Gasteiger partial charge < -0.3 is 10.1 Å². The summed E-state index contributed by atoms with van der Waals surface area (Å²) < 4.78 is 5.42. The van der Waals surface area contributed by atoms with Crippen LogP contribution in [0.5, 0.6) is 0 Å². The molecule has 0 aliphatic rings. The first kappa shape index (κ1) is 18.4. The van der Waals surface area contributed by atoms with Crippen LogP contribution in [0.3, 0.4) is 0 Å². The zero-order valence-electron chi connectivity index (χ0n) is 12.1. The second-order valence-corrected chi connectivity index (χ2v) is 3.34. The number of nitrogens with zero attached hydrogens (tertiary/aromatic N) is 2. The fourth-order valence-corrected chi connectivity index (χ4v) is 1.09. The number of hydrogen-bond donors (Lipinski definition) is 1. The van der Waals surface area contributed by atoms with Crippen molar-refractivity contribution in [1.82, 2.24) is 5.32 Å². The van der Waals surface area contributed by atoms with E-state index >= 15 is 0 Å². The normalized spacial score (nSPS) is 15.1. The van der Waals surface area contributed by atoms with Crippen LogP contribution in [0.15, 0.2) is 21.8 Å². The molecule has 0 rings (SSSR count). The van der Waals surface area contributed by atoms with Gasteiger partial charge in [0, 0.05) is 13.3 Å². The van der Waals surface area contributed by atoms with Gasteiger partial charge >= 0.3 is 0 Å². The maximum atomic E-state index is 5.42. The molecule has 0 spiro atoms. The molecule has 1 atom stereocenters. The van der Waals surface area contributed by atoms with E-state index in [-0.39, 0.29) is 5.60 Å². The SMILES string of the molecule is C=N/C(=C\C=N/CNC)C(C)(CC)OC.CC. The van der Waals surface area contributed by atoms with Crippen LogP contribution in [-0.2, 0) is 4.74 Å². The van der Waals surface area contributed by atoms with Crippen LogP contribution in [0.2, 0.25) is 0 Å². The molecule has 0 saturated heterocycles. The molecule has 0 fully saturated rings. The first-order valence-corrected chi connectivity index (χ1v) is 6.01. The number of nitrogens with one attached hydrogen (secondary N) is 1. The summed E-state index contributed by atoms with van der Waals surface area (Å²) in [6, 6.07) is 0. The van der Waals surface area contributed by atoms with Crippen LogP contribution in [0, 0.1) is 0 Å². The number of hydrogen-bond acceptors (Lipinski definition) is 4. The number of rotatable bonds is 7. The lowest BCUT2D eigenvalue weighted by Gasteiger charge is -2.26. The Kier molecular flexibility index (Phi) is 12.4. The van der Waals surface area contributed by atoms with Gasteiger partial charge in [-0.1, -0.05) is 20.8 Å². The molecule has 0 amide bonds. The minimum Gasteiger partial charge on any atom is -0.372 e. The highest BCUT2D eigenvalue weighted by atomic mass is 16.5. The first-order chi connectivity index (χ1) is 8.14. The minimum atomic E-state index is -0.382. The third kappa shape index (κ3) is 7.02. The Morgan fingerprint density at radius 3 is 2.41 bits per heavy atom. The molecule has 0 aromatic heterocycles. The topological polar surface area (TPSA) is 46.0 Å². The predicted molar refractivity (Wildman–Crippen MR) is 77.1 cm³/mol. The smallest absolute Gasteiger partial charge is 0.107 e. The summed E-state index contributed by atoms with van der Waals surface area (Å²) in [4.78, 5) is 8.08. The van der Waals surface area contributed by atoms with E-state index in [0.29, 0.717) is 6.67 Å². The molecule has 1 N–H and O–H groups in total. The zero-order valence-corrected chi connectivity index (χ0v) is 12.1. The van der Waals surface area contributed by atoms with Crippen molar-refractivity contribution in [2.45, 2.75) is 39.7 Å². The monoisotopic (exact) mass is 241 g/mol. The van der Waals surface area contributed by atoms with Crippen molar-refractivity contribution >= 4 is 12.9 Å². The van der Waals surface area contributed by atoms with E-state index in [1.165, 1.54) is 0 Å². The van der Waals surface area contributed by atoms with Crippen LogP contribution in [0.1, 0.15) is 34.1 Å². The Morgan fingerprint density at radius 1 is 1.47 bits per heavy atom. The number of aliphatic imine (C=N–C) groups is 2. The molecule has 0 saturated carbocycles. The molecule has 17 heavy (non-hydrogen) atoms. The highest BCUT2D eigenvalue weighted by molar-refractivity contribution is 5.72. The summed E-state index contributed by atoms with van der Waals surface area (Å²) in [7, 11) is 3.52. The second kappa shape index (κ2) is 11.5. The zero-order chi connectivity index (χ0) is 13.7. The largest absolute Gasteiger partial charge is 0.372 e. The second-order valence-electron chi connectivity index (χ2n) is 3.34. The fourth-order valence-electron chi connectivity index (χ4n) is 1.09. The van der Waals surface area contributed by atoms with Gasteiger partial charge in [0.25, 0.3) is 0 Å². The van der Waals surface area contributed by atoms with Gasteiger partial charge in [-0.15, -0.1) is 0 Å². The van der Waals surface area contributed by atoms with E-state index < -0.39 is 0 Å². The summed E-state index contributed by atoms with van der Waals surface area (Å²) in [6.45, 7) is 12.2. The molecule has 0 heterocycles. The van der Waals surface area contributed by atoms with Gasteiger partial charge in [-0.2, -0.15) is 0 Å². The first-order valence-electron chi connectivity index (χ1n) is 6.01. The molecular formula is C13H27N3O. The van der Waals surface area contributed by atoms with Crippen LogP contribution >= 0.6 is 0 Å². The average Bonchev–Trinajstić information content (AvgIpc) is 2.40. The van der Waals surface area contributed by atoms with Crippen LogP contribution in [-0.4, -0.2) is 39.4 Å². The molecule has 4 heteroatoms. The van der Waals surface area contributed by atoms with Gasteiger partial charge in [0.1, 0.15) is 5.60 Å². The molecule has 0 aliphatic heterocycles. The van der Waals surface area contributed by atoms with Crippen LogP contribution in [0.4, 0.5) is 0 Å². The number of methoxy groups -OCH3 is 1. The van der Waals surface area contributed by atoms with E-state index in [1.54, 1.807) is 13.3 Å². The van der Waals surface area contributed by atoms with Gasteiger partial charge in [0.2, 0.25) is 0 Å². The van der Waals surface area contributed by atoms with Gasteiger partial charge in [0.05, 0.1) is 12.4 Å². The lowest BCUT2D eigenvalue weighted by Crippen LogP contribution is -2.28. The lowest BCUT2D eigenvalue weighted by molar-refractivity contribution is 0.0344. The Balaban J connectivity index is 0. The van der Waals surface area contributed by atoms with Crippen molar-refractivity contribution < 1.29 is 4.74 Å². The molecule has 0 radical (unpaired) electrons. The quantitative estimate of drug-likeness (QED) is 0.696.